The summed E-state index contributed by atoms with van der Waals surface area (Å²) in [5.74, 6) is -0.811. The van der Waals surface area contributed by atoms with Gasteiger partial charge in [0.2, 0.25) is 0 Å². The van der Waals surface area contributed by atoms with E-state index in [0.717, 1.165) is 0 Å². The molecule has 0 aromatic heterocycles. The summed E-state index contributed by atoms with van der Waals surface area (Å²) in [4.78, 5) is 11.2. The van der Waals surface area contributed by atoms with E-state index in [-0.39, 0.29) is 17.9 Å². The molecule has 3 unspecified atom stereocenters. The number of hydrogen-bond acceptors (Lipinski definition) is 2. The smallest absolute Gasteiger partial charge is 0.314 e. The van der Waals surface area contributed by atoms with Crippen molar-refractivity contribution in [3.63, 3.8) is 0 Å². The summed E-state index contributed by atoms with van der Waals surface area (Å²) in [6.07, 6.45) is 8.01. The molecule has 76 valence electrons. The van der Waals surface area contributed by atoms with E-state index >= 15 is 0 Å². The number of carboxylic acids is 1. The number of allylic oxidation sites excluding steroid dienone is 2. The number of aliphatic hydroxyl groups is 1. The van der Waals surface area contributed by atoms with Gasteiger partial charge in [-0.3, -0.25) is 4.79 Å². The summed E-state index contributed by atoms with van der Waals surface area (Å²) in [5.41, 5.74) is -1.14. The standard InChI is InChI=1S/C11H14O3/c1-10-3-2-8(7-12)6-11(10,5-4-10)9(13)14/h2-5,8,12H,6-7H2,1H3,(H,13,14). The molecule has 0 aromatic carbocycles. The van der Waals surface area contributed by atoms with Crippen LogP contribution in [0, 0.1) is 16.7 Å². The molecule has 0 bridgehead atoms. The molecule has 0 spiro atoms. The fraction of sp³-hybridized carbons (Fsp3) is 0.545. The van der Waals surface area contributed by atoms with Gasteiger partial charge in [0.25, 0.3) is 0 Å². The molecule has 0 saturated carbocycles. The molecule has 0 heterocycles. The topological polar surface area (TPSA) is 57.5 Å². The van der Waals surface area contributed by atoms with Gasteiger partial charge in [0.15, 0.2) is 0 Å². The van der Waals surface area contributed by atoms with Crippen LogP contribution in [0.4, 0.5) is 0 Å². The van der Waals surface area contributed by atoms with Crippen molar-refractivity contribution in [1.29, 1.82) is 0 Å². The Morgan fingerprint density at radius 2 is 2.21 bits per heavy atom. The lowest BCUT2D eigenvalue weighted by atomic mass is 9.51. The molecule has 2 aliphatic rings. The van der Waals surface area contributed by atoms with Crippen LogP contribution in [0.3, 0.4) is 0 Å². The zero-order valence-corrected chi connectivity index (χ0v) is 8.10. The second kappa shape index (κ2) is 2.70. The maximum Gasteiger partial charge on any atom is 0.314 e. The molecule has 0 amide bonds. The zero-order valence-electron chi connectivity index (χ0n) is 8.10. The Bertz CT molecular complexity index is 331. The van der Waals surface area contributed by atoms with Crippen molar-refractivity contribution in [2.75, 3.05) is 6.61 Å². The van der Waals surface area contributed by atoms with Crippen molar-refractivity contribution in [1.82, 2.24) is 0 Å². The van der Waals surface area contributed by atoms with Crippen molar-refractivity contribution in [3.05, 3.63) is 24.3 Å². The summed E-state index contributed by atoms with van der Waals surface area (Å²) < 4.78 is 0. The molecule has 3 heteroatoms. The van der Waals surface area contributed by atoms with Gasteiger partial charge < -0.3 is 10.2 Å². The molecule has 2 N–H and O–H groups in total. The van der Waals surface area contributed by atoms with Crippen LogP contribution in [-0.2, 0) is 4.79 Å². The summed E-state index contributed by atoms with van der Waals surface area (Å²) in [6.45, 7) is 1.95. The van der Waals surface area contributed by atoms with Crippen molar-refractivity contribution in [2.45, 2.75) is 13.3 Å². The largest absolute Gasteiger partial charge is 0.481 e. The number of aliphatic carboxylic acids is 1. The predicted molar refractivity (Wildman–Crippen MR) is 51.6 cm³/mol. The minimum absolute atomic E-state index is 0.0233. The lowest BCUT2D eigenvalue weighted by Gasteiger charge is -2.51. The molecule has 3 atom stereocenters. The van der Waals surface area contributed by atoms with Crippen molar-refractivity contribution in [3.8, 4) is 0 Å². The molecule has 0 aromatic rings. The van der Waals surface area contributed by atoms with Gasteiger partial charge in [0.05, 0.1) is 5.41 Å². The third-order valence-electron chi connectivity index (χ3n) is 3.59. The highest BCUT2D eigenvalue weighted by Gasteiger charge is 2.57. The number of carboxylic acid groups (broad SMARTS) is 1. The van der Waals surface area contributed by atoms with Gasteiger partial charge in [-0.25, -0.2) is 0 Å². The van der Waals surface area contributed by atoms with Gasteiger partial charge in [-0.1, -0.05) is 31.2 Å². The number of rotatable bonds is 2. The first-order chi connectivity index (χ1) is 6.54. The maximum atomic E-state index is 11.2. The highest BCUT2D eigenvalue weighted by molar-refractivity contribution is 5.82. The third-order valence-corrected chi connectivity index (χ3v) is 3.59. The summed E-state index contributed by atoms with van der Waals surface area (Å²) in [6, 6.07) is 0. The number of carbonyl (C=O) groups is 1. The average molecular weight is 194 g/mol. The molecular formula is C11H14O3. The lowest BCUT2D eigenvalue weighted by Crippen LogP contribution is -2.51. The van der Waals surface area contributed by atoms with Crippen LogP contribution < -0.4 is 0 Å². The van der Waals surface area contributed by atoms with Crippen LogP contribution in [0.5, 0.6) is 0 Å². The van der Waals surface area contributed by atoms with Crippen LogP contribution in [0.25, 0.3) is 0 Å². The molecule has 0 fully saturated rings. The molecule has 0 saturated heterocycles. The van der Waals surface area contributed by atoms with Crippen molar-refractivity contribution in [2.24, 2.45) is 16.7 Å². The van der Waals surface area contributed by atoms with Crippen LogP contribution >= 0.6 is 0 Å². The van der Waals surface area contributed by atoms with E-state index in [1.807, 2.05) is 25.2 Å². The van der Waals surface area contributed by atoms with Crippen LogP contribution in [0.15, 0.2) is 24.3 Å². The molecule has 3 nitrogen and oxygen atoms in total. The average Bonchev–Trinajstić information content (AvgIpc) is 2.14. The lowest BCUT2D eigenvalue weighted by molar-refractivity contribution is -0.153. The number of hydrogen-bond donors (Lipinski definition) is 2. The molecule has 14 heavy (non-hydrogen) atoms. The summed E-state index contributed by atoms with van der Waals surface area (Å²) in [7, 11) is 0. The molecule has 2 rings (SSSR count). The van der Waals surface area contributed by atoms with Gasteiger partial charge in [-0.2, -0.15) is 0 Å². The predicted octanol–water partition coefficient (Wildman–Crippen LogP) is 1.20. The molecular weight excluding hydrogens is 180 g/mol. The van der Waals surface area contributed by atoms with Gasteiger partial charge in [-0.15, -0.1) is 0 Å². The van der Waals surface area contributed by atoms with Crippen molar-refractivity contribution >= 4 is 5.97 Å². The van der Waals surface area contributed by atoms with Crippen molar-refractivity contribution < 1.29 is 15.0 Å². The minimum Gasteiger partial charge on any atom is -0.481 e. The Labute approximate surface area is 82.7 Å². The van der Waals surface area contributed by atoms with Crippen LogP contribution in [0.1, 0.15) is 13.3 Å². The van der Waals surface area contributed by atoms with E-state index < -0.39 is 11.4 Å². The Balaban J connectivity index is 2.38. The van der Waals surface area contributed by atoms with E-state index in [1.54, 1.807) is 6.08 Å². The number of fused-ring (bicyclic) bond motifs is 1. The van der Waals surface area contributed by atoms with E-state index in [2.05, 4.69) is 0 Å². The summed E-state index contributed by atoms with van der Waals surface area (Å²) in [5, 5.41) is 18.3. The van der Waals surface area contributed by atoms with E-state index in [9.17, 15) is 9.90 Å². The van der Waals surface area contributed by atoms with Gasteiger partial charge in [0.1, 0.15) is 0 Å². The van der Waals surface area contributed by atoms with E-state index in [0.29, 0.717) is 6.42 Å². The van der Waals surface area contributed by atoms with Crippen LogP contribution in [-0.4, -0.2) is 22.8 Å². The Kier molecular flexibility index (Phi) is 1.83. The fourth-order valence-corrected chi connectivity index (χ4v) is 2.37. The van der Waals surface area contributed by atoms with E-state index in [1.165, 1.54) is 0 Å². The zero-order chi connectivity index (χ0) is 10.4. The third kappa shape index (κ3) is 0.932. The molecule has 0 radical (unpaired) electrons. The second-order valence-corrected chi connectivity index (χ2v) is 4.40. The first-order valence-corrected chi connectivity index (χ1v) is 4.78. The SMILES string of the molecule is CC12C=CC(CO)CC1(C(=O)O)C=C2. The maximum absolute atomic E-state index is 11.2. The molecule has 2 aliphatic carbocycles. The second-order valence-electron chi connectivity index (χ2n) is 4.40. The van der Waals surface area contributed by atoms with Gasteiger partial charge in [0, 0.05) is 17.9 Å². The summed E-state index contributed by atoms with van der Waals surface area (Å²) >= 11 is 0. The Morgan fingerprint density at radius 1 is 1.50 bits per heavy atom. The fourth-order valence-electron chi connectivity index (χ4n) is 2.37. The highest BCUT2D eigenvalue weighted by atomic mass is 16.4. The highest BCUT2D eigenvalue weighted by Crippen LogP contribution is 2.57. The van der Waals surface area contributed by atoms with Gasteiger partial charge >= 0.3 is 5.97 Å². The van der Waals surface area contributed by atoms with E-state index in [4.69, 9.17) is 5.11 Å². The first kappa shape index (κ1) is 9.46. The van der Waals surface area contributed by atoms with Crippen LogP contribution in [0.2, 0.25) is 0 Å². The quantitative estimate of drug-likeness (QED) is 0.649. The van der Waals surface area contributed by atoms with Gasteiger partial charge in [-0.05, 0) is 6.42 Å². The Hall–Kier alpha value is -1.09. The minimum atomic E-state index is -0.787. The monoisotopic (exact) mass is 194 g/mol. The number of aliphatic hydroxyl groups excluding tert-OH is 1. The molecule has 0 aliphatic heterocycles. The Morgan fingerprint density at radius 3 is 2.64 bits per heavy atom. The first-order valence-electron chi connectivity index (χ1n) is 4.78. The normalized spacial score (nSPS) is 44.3.